The first-order chi connectivity index (χ1) is 9.92. The molecule has 0 atom stereocenters. The van der Waals surface area contributed by atoms with Crippen LogP contribution in [0.5, 0.6) is 5.75 Å². The van der Waals surface area contributed by atoms with E-state index in [9.17, 15) is 4.79 Å². The molecule has 0 saturated heterocycles. The Bertz CT molecular complexity index is 414. The zero-order valence-electron chi connectivity index (χ0n) is 13.0. The molecular weight excluding hydrogens is 270 g/mol. The molecule has 0 aliphatic heterocycles. The van der Waals surface area contributed by atoms with Crippen LogP contribution in [-0.4, -0.2) is 48.0 Å². The number of aliphatic hydroxyl groups is 1. The van der Waals surface area contributed by atoms with E-state index in [0.717, 1.165) is 5.75 Å². The van der Waals surface area contributed by atoms with E-state index in [2.05, 4.69) is 0 Å². The highest BCUT2D eigenvalue weighted by Gasteiger charge is 2.21. The lowest BCUT2D eigenvalue weighted by Crippen LogP contribution is -2.39. The number of carbonyl (C=O) groups is 1. The molecule has 1 aromatic carbocycles. The van der Waals surface area contributed by atoms with Crippen LogP contribution in [0.3, 0.4) is 0 Å². The number of rotatable bonds is 7. The van der Waals surface area contributed by atoms with Gasteiger partial charge in [-0.1, -0.05) is 18.2 Å². The standard InChI is InChI=1S/C16H25NO4/c1-16(2,3)21-15(19)17(10-7-12-18)11-13-20-14-8-5-4-6-9-14/h4-6,8-9,18H,7,10-13H2,1-3H3. The summed E-state index contributed by atoms with van der Waals surface area (Å²) in [7, 11) is 0. The van der Waals surface area contributed by atoms with Gasteiger partial charge < -0.3 is 19.5 Å². The van der Waals surface area contributed by atoms with Crippen molar-refractivity contribution >= 4 is 6.09 Å². The highest BCUT2D eigenvalue weighted by Crippen LogP contribution is 2.11. The SMILES string of the molecule is CC(C)(C)OC(=O)N(CCCO)CCOc1ccccc1. The molecule has 0 heterocycles. The minimum atomic E-state index is -0.533. The van der Waals surface area contributed by atoms with Gasteiger partial charge in [-0.3, -0.25) is 0 Å². The zero-order chi connectivity index (χ0) is 15.7. The molecule has 5 nitrogen and oxygen atoms in total. The van der Waals surface area contributed by atoms with Gasteiger partial charge in [0.25, 0.3) is 0 Å². The molecule has 21 heavy (non-hydrogen) atoms. The second-order valence-corrected chi connectivity index (χ2v) is 5.71. The summed E-state index contributed by atoms with van der Waals surface area (Å²) in [5.74, 6) is 0.767. The second kappa shape index (κ2) is 8.52. The lowest BCUT2D eigenvalue weighted by molar-refractivity contribution is 0.0216. The molecule has 1 amide bonds. The summed E-state index contributed by atoms with van der Waals surface area (Å²) in [5, 5.41) is 8.92. The van der Waals surface area contributed by atoms with Crippen LogP contribution < -0.4 is 4.74 Å². The van der Waals surface area contributed by atoms with Crippen LogP contribution in [0.15, 0.2) is 30.3 Å². The largest absolute Gasteiger partial charge is 0.492 e. The molecule has 1 N–H and O–H groups in total. The molecule has 118 valence electrons. The maximum atomic E-state index is 12.1. The number of para-hydroxylation sites is 1. The number of aliphatic hydroxyl groups excluding tert-OH is 1. The zero-order valence-corrected chi connectivity index (χ0v) is 13.0. The van der Waals surface area contributed by atoms with Crippen molar-refractivity contribution in [2.75, 3.05) is 26.3 Å². The maximum Gasteiger partial charge on any atom is 0.410 e. The van der Waals surface area contributed by atoms with Crippen LogP contribution >= 0.6 is 0 Å². The maximum absolute atomic E-state index is 12.1. The second-order valence-electron chi connectivity index (χ2n) is 5.71. The lowest BCUT2D eigenvalue weighted by atomic mass is 10.2. The topological polar surface area (TPSA) is 59.0 Å². The number of amides is 1. The lowest BCUT2D eigenvalue weighted by Gasteiger charge is -2.27. The van der Waals surface area contributed by atoms with Gasteiger partial charge in [0.1, 0.15) is 18.0 Å². The van der Waals surface area contributed by atoms with Gasteiger partial charge in [-0.05, 0) is 39.3 Å². The fraction of sp³-hybridized carbons (Fsp3) is 0.562. The van der Waals surface area contributed by atoms with Crippen molar-refractivity contribution < 1.29 is 19.4 Å². The Morgan fingerprint density at radius 3 is 2.43 bits per heavy atom. The summed E-state index contributed by atoms with van der Waals surface area (Å²) in [4.78, 5) is 13.6. The number of ether oxygens (including phenoxy) is 2. The molecule has 0 aliphatic rings. The van der Waals surface area contributed by atoms with E-state index < -0.39 is 5.60 Å². The first kappa shape index (κ1) is 17.3. The molecule has 0 saturated carbocycles. The first-order valence-corrected chi connectivity index (χ1v) is 7.19. The predicted octanol–water partition coefficient (Wildman–Crippen LogP) is 2.68. The quantitative estimate of drug-likeness (QED) is 0.840. The Kier molecular flexibility index (Phi) is 7.02. The number of nitrogens with zero attached hydrogens (tertiary/aromatic N) is 1. The third-order valence-corrected chi connectivity index (χ3v) is 2.61. The minimum Gasteiger partial charge on any atom is -0.492 e. The van der Waals surface area contributed by atoms with E-state index >= 15 is 0 Å². The van der Waals surface area contributed by atoms with Gasteiger partial charge in [0.2, 0.25) is 0 Å². The predicted molar refractivity (Wildman–Crippen MR) is 81.4 cm³/mol. The van der Waals surface area contributed by atoms with E-state index in [1.54, 1.807) is 4.90 Å². The molecule has 0 unspecified atom stereocenters. The Labute approximate surface area is 126 Å². The number of benzene rings is 1. The molecule has 1 aromatic rings. The van der Waals surface area contributed by atoms with E-state index in [0.29, 0.717) is 26.1 Å². The van der Waals surface area contributed by atoms with Crippen molar-refractivity contribution in [2.45, 2.75) is 32.8 Å². The molecule has 0 radical (unpaired) electrons. The van der Waals surface area contributed by atoms with Crippen molar-refractivity contribution in [1.82, 2.24) is 4.90 Å². The number of hydrogen-bond donors (Lipinski definition) is 1. The van der Waals surface area contributed by atoms with Crippen molar-refractivity contribution in [3.63, 3.8) is 0 Å². The van der Waals surface area contributed by atoms with Gasteiger partial charge in [0.15, 0.2) is 0 Å². The Morgan fingerprint density at radius 1 is 1.19 bits per heavy atom. The number of hydrogen-bond acceptors (Lipinski definition) is 4. The smallest absolute Gasteiger partial charge is 0.410 e. The van der Waals surface area contributed by atoms with Gasteiger partial charge in [0.05, 0.1) is 6.54 Å². The fourth-order valence-corrected chi connectivity index (χ4v) is 1.67. The van der Waals surface area contributed by atoms with Crippen LogP contribution in [0, 0.1) is 0 Å². The third-order valence-electron chi connectivity index (χ3n) is 2.61. The van der Waals surface area contributed by atoms with Gasteiger partial charge >= 0.3 is 6.09 Å². The minimum absolute atomic E-state index is 0.0405. The Hall–Kier alpha value is -1.75. The summed E-state index contributed by atoms with van der Waals surface area (Å²) >= 11 is 0. The molecule has 1 rings (SSSR count). The van der Waals surface area contributed by atoms with Crippen LogP contribution in [-0.2, 0) is 4.74 Å². The van der Waals surface area contributed by atoms with Crippen LogP contribution in [0.4, 0.5) is 4.79 Å². The van der Waals surface area contributed by atoms with E-state index in [1.807, 2.05) is 51.1 Å². The van der Waals surface area contributed by atoms with Crippen molar-refractivity contribution in [1.29, 1.82) is 0 Å². The summed E-state index contributed by atoms with van der Waals surface area (Å²) in [5.41, 5.74) is -0.533. The normalized spacial score (nSPS) is 11.0. The van der Waals surface area contributed by atoms with Crippen LogP contribution in [0.25, 0.3) is 0 Å². The van der Waals surface area contributed by atoms with E-state index in [-0.39, 0.29) is 12.7 Å². The highest BCUT2D eigenvalue weighted by molar-refractivity contribution is 5.68. The molecule has 0 aromatic heterocycles. The van der Waals surface area contributed by atoms with Crippen molar-refractivity contribution in [3.8, 4) is 5.75 Å². The Morgan fingerprint density at radius 2 is 1.86 bits per heavy atom. The number of carbonyl (C=O) groups excluding carboxylic acids is 1. The van der Waals surface area contributed by atoms with Crippen LogP contribution in [0.1, 0.15) is 27.2 Å². The van der Waals surface area contributed by atoms with Gasteiger partial charge in [-0.2, -0.15) is 0 Å². The van der Waals surface area contributed by atoms with Gasteiger partial charge in [-0.15, -0.1) is 0 Å². The monoisotopic (exact) mass is 295 g/mol. The van der Waals surface area contributed by atoms with E-state index in [4.69, 9.17) is 14.6 Å². The molecule has 0 fully saturated rings. The summed E-state index contributed by atoms with van der Waals surface area (Å²) in [6, 6.07) is 9.44. The summed E-state index contributed by atoms with van der Waals surface area (Å²) in [6.45, 7) is 6.78. The van der Waals surface area contributed by atoms with Crippen LogP contribution in [0.2, 0.25) is 0 Å². The average Bonchev–Trinajstić information content (AvgIpc) is 2.41. The average molecular weight is 295 g/mol. The summed E-state index contributed by atoms with van der Waals surface area (Å²) in [6.07, 6.45) is 0.137. The molecule has 0 aliphatic carbocycles. The molecule has 5 heteroatoms. The van der Waals surface area contributed by atoms with Crippen molar-refractivity contribution in [2.24, 2.45) is 0 Å². The first-order valence-electron chi connectivity index (χ1n) is 7.19. The van der Waals surface area contributed by atoms with Gasteiger partial charge in [0, 0.05) is 13.2 Å². The fourth-order valence-electron chi connectivity index (χ4n) is 1.67. The molecule has 0 spiro atoms. The van der Waals surface area contributed by atoms with Crippen molar-refractivity contribution in [3.05, 3.63) is 30.3 Å². The van der Waals surface area contributed by atoms with E-state index in [1.165, 1.54) is 0 Å². The molecule has 0 bridgehead atoms. The third kappa shape index (κ3) is 7.56. The Balaban J connectivity index is 2.47. The molecular formula is C16H25NO4. The van der Waals surface area contributed by atoms with Gasteiger partial charge in [-0.25, -0.2) is 4.79 Å². The highest BCUT2D eigenvalue weighted by atomic mass is 16.6. The summed E-state index contributed by atoms with van der Waals surface area (Å²) < 4.78 is 10.9.